The van der Waals surface area contributed by atoms with Gasteiger partial charge in [0.05, 0.1) is 0 Å². The van der Waals surface area contributed by atoms with E-state index in [0.717, 1.165) is 6.54 Å². The van der Waals surface area contributed by atoms with Gasteiger partial charge < -0.3 is 4.90 Å². The van der Waals surface area contributed by atoms with Gasteiger partial charge in [0.25, 0.3) is 0 Å². The Bertz CT molecular complexity index is 99.1. The summed E-state index contributed by atoms with van der Waals surface area (Å²) in [6.07, 6.45) is 0. The lowest BCUT2D eigenvalue weighted by molar-refractivity contribution is -0.125. The van der Waals surface area contributed by atoms with Crippen LogP contribution in [0.15, 0.2) is 0 Å². The van der Waals surface area contributed by atoms with Crippen molar-refractivity contribution in [3.8, 4) is 0 Å². The molecule has 0 N–H and O–H groups in total. The van der Waals surface area contributed by atoms with Crippen molar-refractivity contribution in [3.05, 3.63) is 6.92 Å². The number of nitrogens with zero attached hydrogens (tertiary/aromatic N) is 1. The van der Waals surface area contributed by atoms with Crippen molar-refractivity contribution < 1.29 is 4.79 Å². The molecule has 53 valence electrons. The molecule has 0 atom stereocenters. The Hall–Kier alpha value is -0.530. The maximum Gasteiger partial charge on any atom is 0.222 e. The van der Waals surface area contributed by atoms with Gasteiger partial charge in [-0.2, -0.15) is 0 Å². The van der Waals surface area contributed by atoms with Crippen LogP contribution in [-0.4, -0.2) is 24.4 Å². The van der Waals surface area contributed by atoms with E-state index in [-0.39, 0.29) is 5.91 Å². The van der Waals surface area contributed by atoms with E-state index < -0.39 is 0 Å². The van der Waals surface area contributed by atoms with Gasteiger partial charge in [-0.25, -0.2) is 0 Å². The maximum atomic E-state index is 10.5. The zero-order chi connectivity index (χ0) is 7.44. The second-order valence-corrected chi connectivity index (χ2v) is 2.67. The second-order valence-electron chi connectivity index (χ2n) is 2.67. The molecule has 9 heavy (non-hydrogen) atoms. The Morgan fingerprint density at radius 1 is 1.67 bits per heavy atom. The maximum absolute atomic E-state index is 10.5. The first kappa shape index (κ1) is 8.47. The van der Waals surface area contributed by atoms with Gasteiger partial charge >= 0.3 is 0 Å². The predicted molar refractivity (Wildman–Crippen MR) is 37.8 cm³/mol. The first-order valence-electron chi connectivity index (χ1n) is 3.11. The molecule has 0 aromatic carbocycles. The number of carbonyl (C=O) groups is 1. The first-order chi connectivity index (χ1) is 4.04. The van der Waals surface area contributed by atoms with Crippen LogP contribution >= 0.6 is 0 Å². The number of carbonyl (C=O) groups excluding carboxylic acids is 1. The molecule has 0 fully saturated rings. The smallest absolute Gasteiger partial charge is 0.222 e. The van der Waals surface area contributed by atoms with Gasteiger partial charge in [-0.05, 0) is 5.92 Å². The summed E-state index contributed by atoms with van der Waals surface area (Å²) in [5, 5.41) is 0. The highest BCUT2D eigenvalue weighted by molar-refractivity contribution is 5.79. The molecule has 0 heterocycles. The van der Waals surface area contributed by atoms with Crippen LogP contribution in [0.25, 0.3) is 0 Å². The van der Waals surface area contributed by atoms with Crippen LogP contribution in [0.2, 0.25) is 0 Å². The van der Waals surface area contributed by atoms with Gasteiger partial charge in [-0.15, -0.1) is 0 Å². The van der Waals surface area contributed by atoms with Crippen LogP contribution < -0.4 is 0 Å². The molecule has 0 aromatic heterocycles. The van der Waals surface area contributed by atoms with E-state index >= 15 is 0 Å². The summed E-state index contributed by atoms with van der Waals surface area (Å²) in [5.74, 6) is 0.421. The van der Waals surface area contributed by atoms with E-state index in [9.17, 15) is 4.79 Å². The van der Waals surface area contributed by atoms with Crippen LogP contribution in [0.5, 0.6) is 0 Å². The molecule has 1 amide bonds. The van der Waals surface area contributed by atoms with E-state index in [1.807, 2.05) is 0 Å². The molecular formula is C7H14NO. The summed E-state index contributed by atoms with van der Waals surface area (Å²) in [4.78, 5) is 12.1. The Labute approximate surface area is 56.9 Å². The molecule has 0 spiro atoms. The third kappa shape index (κ3) is 4.01. The SMILES string of the molecule is [CH2]C(=O)N(C)CC(C)C. The number of hydrogen-bond donors (Lipinski definition) is 0. The third-order valence-electron chi connectivity index (χ3n) is 1.06. The van der Waals surface area contributed by atoms with Crippen molar-refractivity contribution in [2.75, 3.05) is 13.6 Å². The van der Waals surface area contributed by atoms with Crippen molar-refractivity contribution in [3.63, 3.8) is 0 Å². The third-order valence-corrected chi connectivity index (χ3v) is 1.06. The van der Waals surface area contributed by atoms with Crippen molar-refractivity contribution in [1.29, 1.82) is 0 Å². The van der Waals surface area contributed by atoms with Crippen LogP contribution in [0.3, 0.4) is 0 Å². The highest BCUT2D eigenvalue weighted by Crippen LogP contribution is 1.94. The fraction of sp³-hybridized carbons (Fsp3) is 0.714. The summed E-state index contributed by atoms with van der Waals surface area (Å²) >= 11 is 0. The summed E-state index contributed by atoms with van der Waals surface area (Å²) in [5.41, 5.74) is 0. The molecule has 0 aliphatic rings. The fourth-order valence-electron chi connectivity index (χ4n) is 0.650. The van der Waals surface area contributed by atoms with Crippen LogP contribution in [-0.2, 0) is 4.79 Å². The minimum absolute atomic E-state index is 0.108. The van der Waals surface area contributed by atoms with Gasteiger partial charge in [0, 0.05) is 20.5 Å². The Morgan fingerprint density at radius 3 is 2.22 bits per heavy atom. The lowest BCUT2D eigenvalue weighted by Gasteiger charge is -2.16. The van der Waals surface area contributed by atoms with Gasteiger partial charge in [0.2, 0.25) is 5.91 Å². The Kier molecular flexibility index (Phi) is 3.28. The Morgan fingerprint density at radius 2 is 2.11 bits per heavy atom. The van der Waals surface area contributed by atoms with Crippen molar-refractivity contribution in [1.82, 2.24) is 4.90 Å². The predicted octanol–water partition coefficient (Wildman–Crippen LogP) is 0.935. The molecule has 2 nitrogen and oxygen atoms in total. The molecule has 0 aliphatic heterocycles. The Balaban J connectivity index is 3.50. The minimum atomic E-state index is -0.108. The molecule has 0 rings (SSSR count). The van der Waals surface area contributed by atoms with Crippen molar-refractivity contribution in [2.24, 2.45) is 5.92 Å². The second kappa shape index (κ2) is 3.49. The van der Waals surface area contributed by atoms with Gasteiger partial charge in [0.15, 0.2) is 0 Å². The lowest BCUT2D eigenvalue weighted by atomic mass is 10.2. The quantitative estimate of drug-likeness (QED) is 0.542. The number of hydrogen-bond acceptors (Lipinski definition) is 1. The number of rotatable bonds is 2. The first-order valence-corrected chi connectivity index (χ1v) is 3.11. The van der Waals surface area contributed by atoms with E-state index in [1.54, 1.807) is 11.9 Å². The summed E-state index contributed by atoms with van der Waals surface area (Å²) < 4.78 is 0. The monoisotopic (exact) mass is 128 g/mol. The topological polar surface area (TPSA) is 20.3 Å². The molecule has 0 bridgehead atoms. The van der Waals surface area contributed by atoms with Gasteiger partial charge in [0.1, 0.15) is 0 Å². The van der Waals surface area contributed by atoms with Crippen molar-refractivity contribution >= 4 is 5.91 Å². The number of amides is 1. The van der Waals surface area contributed by atoms with E-state index in [0.29, 0.717) is 5.92 Å². The van der Waals surface area contributed by atoms with Crippen LogP contribution in [0, 0.1) is 12.8 Å². The van der Waals surface area contributed by atoms with E-state index in [1.165, 1.54) is 0 Å². The largest absolute Gasteiger partial charge is 0.345 e. The standard InChI is InChI=1S/C7H14NO/c1-6(2)5-8(4)7(3)9/h6H,3,5H2,1-2,4H3. The molecule has 1 radical (unpaired) electrons. The summed E-state index contributed by atoms with van der Waals surface area (Å²) in [6.45, 7) is 8.21. The molecule has 2 heteroatoms. The molecule has 0 unspecified atom stereocenters. The van der Waals surface area contributed by atoms with Gasteiger partial charge in [-0.3, -0.25) is 4.79 Å². The molecule has 0 aliphatic carbocycles. The van der Waals surface area contributed by atoms with Crippen LogP contribution in [0.4, 0.5) is 0 Å². The molecule has 0 saturated heterocycles. The molecular weight excluding hydrogens is 114 g/mol. The fourth-order valence-corrected chi connectivity index (χ4v) is 0.650. The summed E-state index contributed by atoms with van der Waals surface area (Å²) in [7, 11) is 1.76. The average Bonchev–Trinajstić information content (AvgIpc) is 1.63. The highest BCUT2D eigenvalue weighted by atomic mass is 16.2. The molecule has 0 aromatic rings. The lowest BCUT2D eigenvalue weighted by Crippen LogP contribution is -2.27. The van der Waals surface area contributed by atoms with Crippen LogP contribution in [0.1, 0.15) is 13.8 Å². The highest BCUT2D eigenvalue weighted by Gasteiger charge is 2.02. The average molecular weight is 128 g/mol. The zero-order valence-corrected chi connectivity index (χ0v) is 6.35. The van der Waals surface area contributed by atoms with E-state index in [2.05, 4.69) is 20.8 Å². The van der Waals surface area contributed by atoms with Crippen molar-refractivity contribution in [2.45, 2.75) is 13.8 Å². The summed E-state index contributed by atoms with van der Waals surface area (Å²) in [6, 6.07) is 0. The zero-order valence-electron chi connectivity index (χ0n) is 6.35. The minimum Gasteiger partial charge on any atom is -0.345 e. The van der Waals surface area contributed by atoms with E-state index in [4.69, 9.17) is 0 Å². The molecule has 0 saturated carbocycles. The normalized spacial score (nSPS) is 9.89. The van der Waals surface area contributed by atoms with Gasteiger partial charge in [-0.1, -0.05) is 13.8 Å².